The van der Waals surface area contributed by atoms with Crippen LogP contribution in [0.3, 0.4) is 0 Å². The van der Waals surface area contributed by atoms with E-state index in [4.69, 9.17) is 10.2 Å². The van der Waals surface area contributed by atoms with Gasteiger partial charge in [0.25, 0.3) is 10.5 Å². The molecule has 0 fully saturated rings. The molecule has 10 nitrogen and oxygen atoms in total. The highest BCUT2D eigenvalue weighted by Gasteiger charge is 2.03. The maximum Gasteiger partial charge on any atom is 0.280 e. The van der Waals surface area contributed by atoms with Crippen LogP contribution >= 0.6 is 106 Å². The molecular weight excluding hydrogens is 721 g/mol. The minimum absolute atomic E-state index is 0.0149. The Bertz CT molecular complexity index is 740. The van der Waals surface area contributed by atoms with E-state index in [1.807, 2.05) is 0 Å². The zero-order valence-electron chi connectivity index (χ0n) is 21.0. The van der Waals surface area contributed by atoms with E-state index in [1.54, 1.807) is 82.3 Å². The summed E-state index contributed by atoms with van der Waals surface area (Å²) in [7, 11) is -2.31. The van der Waals surface area contributed by atoms with E-state index in [0.29, 0.717) is 39.4 Å². The summed E-state index contributed by atoms with van der Waals surface area (Å²) >= 11 is 13.6. The van der Waals surface area contributed by atoms with Crippen LogP contribution in [0.1, 0.15) is 0 Å². The van der Waals surface area contributed by atoms with Crippen LogP contribution in [0, 0.1) is 0 Å². The zero-order chi connectivity index (χ0) is 28.8. The van der Waals surface area contributed by atoms with E-state index in [-0.39, 0.29) is 29.4 Å². The molecule has 0 bridgehead atoms. The predicted octanol–water partition coefficient (Wildman–Crippen LogP) is 4.12. The minimum Gasteiger partial charge on any atom is -0.396 e. The molecule has 0 saturated carbocycles. The van der Waals surface area contributed by atoms with Gasteiger partial charge < -0.3 is 20.8 Å². The normalized spacial score (nSPS) is 13.2. The maximum absolute atomic E-state index is 11.9. The second kappa shape index (κ2) is 32.6. The fourth-order valence-corrected chi connectivity index (χ4v) is 11.7. The highest BCUT2D eigenvalue weighted by Crippen LogP contribution is 2.22. The summed E-state index contributed by atoms with van der Waals surface area (Å²) in [6.07, 6.45) is 0. The van der Waals surface area contributed by atoms with Crippen molar-refractivity contribution in [1.29, 1.82) is 0 Å². The summed E-state index contributed by atoms with van der Waals surface area (Å²) in [6.45, 7) is -0.129. The van der Waals surface area contributed by atoms with Crippen molar-refractivity contribution in [2.45, 2.75) is 0 Å². The third-order valence-corrected chi connectivity index (χ3v) is 15.1. The number of aliphatic imine (C=N–C) groups is 2. The van der Waals surface area contributed by atoms with Crippen LogP contribution in [0.25, 0.3) is 0 Å². The van der Waals surface area contributed by atoms with Crippen molar-refractivity contribution in [3.8, 4) is 0 Å². The molecule has 2 atom stereocenters. The van der Waals surface area contributed by atoms with E-state index >= 15 is 0 Å². The molecule has 4 N–H and O–H groups in total. The van der Waals surface area contributed by atoms with Crippen molar-refractivity contribution in [2.75, 3.05) is 78.7 Å². The Labute approximate surface area is 274 Å². The molecule has 0 spiro atoms. The predicted molar refractivity (Wildman–Crippen MR) is 191 cm³/mol. The number of amides is 2. The lowest BCUT2D eigenvalue weighted by atomic mass is 10.9. The lowest BCUT2D eigenvalue weighted by Gasteiger charge is -2.04. The highest BCUT2D eigenvalue weighted by molar-refractivity contribution is 8.29. The van der Waals surface area contributed by atoms with Crippen molar-refractivity contribution in [3.05, 3.63) is 0 Å². The standard InChI is InChI=1S/C18H34N4O6S11/c23-1-3-36-17(25)21-7-31-12-30-6-20-10-39(28)16-35-14-33-13-34-15-37-18(26)22-8-32-11-29-5-19-9-38(27)4-2-24/h9-10,23-24H,1-8,11-16H2,(H,21,25)(H,22,26). The molecule has 0 aromatic rings. The van der Waals surface area contributed by atoms with Crippen LogP contribution in [-0.4, -0.2) is 119 Å². The molecule has 0 aliphatic heterocycles. The van der Waals surface area contributed by atoms with E-state index in [2.05, 4.69) is 20.6 Å². The van der Waals surface area contributed by atoms with Gasteiger partial charge >= 0.3 is 0 Å². The van der Waals surface area contributed by atoms with Crippen molar-refractivity contribution in [1.82, 2.24) is 10.6 Å². The molecule has 0 aliphatic rings. The number of thioether (sulfide) groups is 9. The van der Waals surface area contributed by atoms with E-state index in [9.17, 15) is 18.0 Å². The Kier molecular flexibility index (Phi) is 33.9. The molecule has 2 amide bonds. The first-order valence-electron chi connectivity index (χ1n) is 10.8. The molecule has 0 saturated heterocycles. The Morgan fingerprint density at radius 1 is 0.667 bits per heavy atom. The highest BCUT2D eigenvalue weighted by atomic mass is 32.3. The van der Waals surface area contributed by atoms with Gasteiger partial charge in [0.15, 0.2) is 0 Å². The Morgan fingerprint density at radius 2 is 1.21 bits per heavy atom. The van der Waals surface area contributed by atoms with Gasteiger partial charge in [-0.15, -0.1) is 82.3 Å². The van der Waals surface area contributed by atoms with Gasteiger partial charge in [0.2, 0.25) is 0 Å². The first kappa shape index (κ1) is 40.6. The first-order chi connectivity index (χ1) is 19.0. The molecule has 228 valence electrons. The molecule has 2 unspecified atom stereocenters. The van der Waals surface area contributed by atoms with E-state index in [1.165, 1.54) is 22.9 Å². The summed E-state index contributed by atoms with van der Waals surface area (Å²) < 4.78 is 23.2. The maximum atomic E-state index is 11.9. The lowest BCUT2D eigenvalue weighted by molar-refractivity contribution is 0.261. The van der Waals surface area contributed by atoms with Gasteiger partial charge in [-0.05, 0) is 0 Å². The summed E-state index contributed by atoms with van der Waals surface area (Å²) in [4.78, 5) is 31.3. The van der Waals surface area contributed by atoms with Gasteiger partial charge in [-0.1, -0.05) is 23.5 Å². The van der Waals surface area contributed by atoms with Crippen LogP contribution in [0.2, 0.25) is 0 Å². The fourth-order valence-electron chi connectivity index (χ4n) is 1.64. The van der Waals surface area contributed by atoms with Crippen molar-refractivity contribution in [2.24, 2.45) is 9.98 Å². The Hall–Kier alpha value is 1.65. The van der Waals surface area contributed by atoms with Crippen molar-refractivity contribution >= 4 is 149 Å². The SMILES string of the molecule is O=C(NCSCSCN=CS(=O)CSCSCSCSC(=O)NCSCSCN=CS(=O)CCO)SCCO. The van der Waals surface area contributed by atoms with Gasteiger partial charge in [0.05, 0.1) is 80.3 Å². The smallest absolute Gasteiger partial charge is 0.280 e. The van der Waals surface area contributed by atoms with E-state index < -0.39 is 21.6 Å². The quantitative estimate of drug-likeness (QED) is 0.0433. The van der Waals surface area contributed by atoms with Crippen LogP contribution in [0.4, 0.5) is 9.59 Å². The van der Waals surface area contributed by atoms with Crippen LogP contribution in [0.5, 0.6) is 0 Å². The largest absolute Gasteiger partial charge is 0.396 e. The molecule has 21 heteroatoms. The monoisotopic (exact) mass is 754 g/mol. The fraction of sp³-hybridized carbons (Fsp3) is 0.778. The molecular formula is C18H34N4O6S11. The van der Waals surface area contributed by atoms with Gasteiger partial charge in [-0.2, -0.15) is 0 Å². The molecule has 0 heterocycles. The second-order valence-corrected chi connectivity index (χ2v) is 19.8. The molecule has 0 rings (SSSR count). The van der Waals surface area contributed by atoms with Crippen LogP contribution < -0.4 is 10.6 Å². The molecule has 0 radical (unpaired) electrons. The van der Waals surface area contributed by atoms with Gasteiger partial charge in [-0.3, -0.25) is 28.0 Å². The summed E-state index contributed by atoms with van der Waals surface area (Å²) in [5, 5.41) is 27.1. The summed E-state index contributed by atoms with van der Waals surface area (Å²) in [6, 6.07) is 0. The van der Waals surface area contributed by atoms with Gasteiger partial charge in [0.1, 0.15) is 0 Å². The summed E-state index contributed by atoms with van der Waals surface area (Å²) in [5.74, 6) is 2.66. The number of rotatable bonds is 26. The minimum atomic E-state index is -1.21. The average molecular weight is 755 g/mol. The number of hydrogen-bond acceptors (Lipinski definition) is 17. The lowest BCUT2D eigenvalue weighted by Crippen LogP contribution is -2.18. The molecule has 39 heavy (non-hydrogen) atoms. The third kappa shape index (κ3) is 32.4. The van der Waals surface area contributed by atoms with Crippen molar-refractivity contribution in [3.63, 3.8) is 0 Å². The van der Waals surface area contributed by atoms with Gasteiger partial charge in [-0.25, -0.2) is 0 Å². The average Bonchev–Trinajstić information content (AvgIpc) is 2.92. The number of aliphatic hydroxyl groups excluding tert-OH is 2. The number of carbonyl (C=O) groups is 2. The zero-order valence-corrected chi connectivity index (χ0v) is 29.9. The van der Waals surface area contributed by atoms with Crippen molar-refractivity contribution < 1.29 is 28.2 Å². The summed E-state index contributed by atoms with van der Waals surface area (Å²) in [5.41, 5.74) is 2.85. The molecule has 0 aromatic heterocycles. The topological polar surface area (TPSA) is 158 Å². The second-order valence-electron chi connectivity index (χ2n) is 6.09. The van der Waals surface area contributed by atoms with Crippen LogP contribution in [-0.2, 0) is 21.6 Å². The molecule has 0 aromatic carbocycles. The number of nitrogens with one attached hydrogen (secondary N) is 2. The number of hydrogen-bond donors (Lipinski definition) is 4. The number of carbonyl (C=O) groups excluding carboxylic acids is 2. The van der Waals surface area contributed by atoms with Gasteiger partial charge in [0, 0.05) is 31.2 Å². The number of aliphatic hydroxyl groups is 2. The Balaban J connectivity index is 3.43. The first-order valence-corrected chi connectivity index (χ1v) is 23.6. The van der Waals surface area contributed by atoms with Crippen LogP contribution in [0.15, 0.2) is 9.98 Å². The molecule has 0 aliphatic carbocycles. The number of nitrogens with zero attached hydrogens (tertiary/aromatic N) is 2. The Morgan fingerprint density at radius 3 is 1.82 bits per heavy atom. The third-order valence-electron chi connectivity index (χ3n) is 3.11. The van der Waals surface area contributed by atoms with E-state index in [0.717, 1.165) is 32.1 Å².